The smallest absolute Gasteiger partial charge is 0.0203 e. The Kier molecular flexibility index (Phi) is 7.55. The average Bonchev–Trinajstić information content (AvgIpc) is 2.21. The lowest BCUT2D eigenvalue weighted by Gasteiger charge is -2.31. The fourth-order valence-electron chi connectivity index (χ4n) is 2.53. The molecular weight excluding hydrogens is 214 g/mol. The fraction of sp³-hybridized carbons (Fsp3) is 1.00. The minimum atomic E-state index is 0.771. The summed E-state index contributed by atoms with van der Waals surface area (Å²) in [4.78, 5) is 0. The molecule has 16 heavy (non-hydrogen) atoms. The molecule has 0 heterocycles. The van der Waals surface area contributed by atoms with Gasteiger partial charge in [0.05, 0.1) is 0 Å². The van der Waals surface area contributed by atoms with Gasteiger partial charge >= 0.3 is 0 Å². The molecule has 0 saturated heterocycles. The van der Waals surface area contributed by atoms with Crippen molar-refractivity contribution in [1.29, 1.82) is 0 Å². The summed E-state index contributed by atoms with van der Waals surface area (Å²) in [5.41, 5.74) is 0. The summed E-state index contributed by atoms with van der Waals surface area (Å²) in [6.07, 6.45) is 9.84. The first-order chi connectivity index (χ1) is 7.74. The largest absolute Gasteiger partial charge is 0.313 e. The Labute approximate surface area is 106 Å². The van der Waals surface area contributed by atoms with Gasteiger partial charge in [-0.2, -0.15) is 11.8 Å². The molecule has 0 radical (unpaired) electrons. The van der Waals surface area contributed by atoms with E-state index in [1.807, 2.05) is 0 Å². The monoisotopic (exact) mass is 243 g/mol. The Balaban J connectivity index is 2.46. The third-order valence-electron chi connectivity index (χ3n) is 3.31. The summed E-state index contributed by atoms with van der Waals surface area (Å²) >= 11 is 2.19. The minimum absolute atomic E-state index is 0.771. The Morgan fingerprint density at radius 3 is 2.44 bits per heavy atom. The van der Waals surface area contributed by atoms with Crippen LogP contribution in [0.5, 0.6) is 0 Å². The lowest BCUT2D eigenvalue weighted by molar-refractivity contribution is 0.399. The molecule has 2 heteroatoms. The van der Waals surface area contributed by atoms with Gasteiger partial charge in [-0.3, -0.25) is 0 Å². The van der Waals surface area contributed by atoms with Crippen LogP contribution in [0.1, 0.15) is 65.7 Å². The molecule has 2 atom stereocenters. The maximum Gasteiger partial charge on any atom is 0.0203 e. The average molecular weight is 243 g/mol. The summed E-state index contributed by atoms with van der Waals surface area (Å²) in [5.74, 6) is 0. The Hall–Kier alpha value is 0.310. The highest BCUT2D eigenvalue weighted by molar-refractivity contribution is 8.00. The molecule has 1 N–H and O–H groups in total. The second-order valence-corrected chi connectivity index (χ2v) is 7.10. The molecule has 1 aliphatic carbocycles. The molecule has 1 fully saturated rings. The summed E-state index contributed by atoms with van der Waals surface area (Å²) in [6.45, 7) is 8.13. The van der Waals surface area contributed by atoms with Crippen molar-refractivity contribution in [2.24, 2.45) is 0 Å². The van der Waals surface area contributed by atoms with Crippen molar-refractivity contribution in [1.82, 2.24) is 5.32 Å². The molecule has 0 aromatic carbocycles. The molecular formula is C14H29NS. The van der Waals surface area contributed by atoms with Gasteiger partial charge in [0.15, 0.2) is 0 Å². The lowest BCUT2D eigenvalue weighted by atomic mass is 9.96. The molecule has 96 valence electrons. The highest BCUT2D eigenvalue weighted by Crippen LogP contribution is 2.29. The number of hydrogen-bond acceptors (Lipinski definition) is 2. The number of nitrogens with one attached hydrogen (secondary N) is 1. The van der Waals surface area contributed by atoms with Crippen LogP contribution in [0.15, 0.2) is 0 Å². The van der Waals surface area contributed by atoms with Gasteiger partial charge in [-0.25, -0.2) is 0 Å². The highest BCUT2D eigenvalue weighted by atomic mass is 32.2. The van der Waals surface area contributed by atoms with E-state index < -0.39 is 0 Å². The molecule has 0 bridgehead atoms. The Morgan fingerprint density at radius 2 is 1.81 bits per heavy atom. The normalized spacial score (nSPS) is 27.8. The fourth-order valence-corrected chi connectivity index (χ4v) is 3.95. The molecule has 0 spiro atoms. The van der Waals surface area contributed by atoms with Crippen LogP contribution in [0.3, 0.4) is 0 Å². The van der Waals surface area contributed by atoms with E-state index >= 15 is 0 Å². The van der Waals surface area contributed by atoms with Gasteiger partial charge in [0.1, 0.15) is 0 Å². The predicted molar refractivity (Wildman–Crippen MR) is 76.3 cm³/mol. The zero-order valence-corrected chi connectivity index (χ0v) is 12.1. The van der Waals surface area contributed by atoms with Gasteiger partial charge in [0, 0.05) is 11.3 Å². The summed E-state index contributed by atoms with van der Waals surface area (Å²) < 4.78 is 0. The third-order valence-corrected chi connectivity index (χ3v) is 4.76. The maximum atomic E-state index is 3.77. The van der Waals surface area contributed by atoms with Crippen LogP contribution in [0.4, 0.5) is 0 Å². The predicted octanol–water partition coefficient (Wildman–Crippen LogP) is 4.22. The molecule has 0 aliphatic heterocycles. The van der Waals surface area contributed by atoms with Crippen molar-refractivity contribution in [3.63, 3.8) is 0 Å². The second kappa shape index (κ2) is 8.41. The van der Waals surface area contributed by atoms with E-state index in [0.717, 1.165) is 16.5 Å². The van der Waals surface area contributed by atoms with Gasteiger partial charge in [-0.15, -0.1) is 0 Å². The Morgan fingerprint density at radius 1 is 1.12 bits per heavy atom. The van der Waals surface area contributed by atoms with Gasteiger partial charge in [-0.1, -0.05) is 46.5 Å². The second-order valence-electron chi connectivity index (χ2n) is 5.28. The maximum absolute atomic E-state index is 3.77. The quantitative estimate of drug-likeness (QED) is 0.776. The van der Waals surface area contributed by atoms with Crippen LogP contribution in [0, 0.1) is 0 Å². The third kappa shape index (κ3) is 5.58. The zero-order chi connectivity index (χ0) is 11.8. The zero-order valence-electron chi connectivity index (χ0n) is 11.3. The van der Waals surface area contributed by atoms with E-state index in [-0.39, 0.29) is 0 Å². The van der Waals surface area contributed by atoms with E-state index in [1.54, 1.807) is 0 Å². The van der Waals surface area contributed by atoms with Gasteiger partial charge in [0.2, 0.25) is 0 Å². The van der Waals surface area contributed by atoms with Crippen LogP contribution < -0.4 is 5.32 Å². The standard InChI is InChI=1S/C14H29NS/c1-4-11-15-13-9-7-5-6-8-10-14(13)16-12(2)3/h12-15H,4-11H2,1-3H3. The van der Waals surface area contributed by atoms with Crippen LogP contribution in [-0.2, 0) is 0 Å². The van der Waals surface area contributed by atoms with Gasteiger partial charge in [-0.05, 0) is 31.1 Å². The van der Waals surface area contributed by atoms with Gasteiger partial charge < -0.3 is 5.32 Å². The molecule has 0 aromatic heterocycles. The number of hydrogen-bond donors (Lipinski definition) is 1. The van der Waals surface area contributed by atoms with Crippen LogP contribution in [-0.4, -0.2) is 23.1 Å². The molecule has 0 amide bonds. The summed E-state index contributed by atoms with van der Waals surface area (Å²) in [7, 11) is 0. The first kappa shape index (κ1) is 14.4. The molecule has 1 rings (SSSR count). The first-order valence-electron chi connectivity index (χ1n) is 7.13. The first-order valence-corrected chi connectivity index (χ1v) is 8.07. The highest BCUT2D eigenvalue weighted by Gasteiger charge is 2.23. The summed E-state index contributed by atoms with van der Waals surface area (Å²) in [5, 5.41) is 5.40. The SMILES string of the molecule is CCCNC1CCCCCCC1SC(C)C. The molecule has 0 aromatic rings. The molecule has 1 aliphatic rings. The van der Waals surface area contributed by atoms with E-state index in [0.29, 0.717) is 0 Å². The van der Waals surface area contributed by atoms with Crippen LogP contribution in [0.25, 0.3) is 0 Å². The van der Waals surface area contributed by atoms with E-state index in [2.05, 4.69) is 37.8 Å². The van der Waals surface area contributed by atoms with E-state index in [1.165, 1.54) is 51.5 Å². The van der Waals surface area contributed by atoms with Crippen molar-refractivity contribution < 1.29 is 0 Å². The van der Waals surface area contributed by atoms with E-state index in [4.69, 9.17) is 0 Å². The number of thioether (sulfide) groups is 1. The lowest BCUT2D eigenvalue weighted by Crippen LogP contribution is -2.39. The van der Waals surface area contributed by atoms with Crippen molar-refractivity contribution in [2.45, 2.75) is 82.3 Å². The van der Waals surface area contributed by atoms with Crippen LogP contribution in [0.2, 0.25) is 0 Å². The minimum Gasteiger partial charge on any atom is -0.313 e. The number of rotatable bonds is 5. The Bertz CT molecular complexity index is 168. The van der Waals surface area contributed by atoms with Gasteiger partial charge in [0.25, 0.3) is 0 Å². The molecule has 1 saturated carbocycles. The van der Waals surface area contributed by atoms with Crippen molar-refractivity contribution >= 4 is 11.8 Å². The van der Waals surface area contributed by atoms with Crippen molar-refractivity contribution in [2.75, 3.05) is 6.54 Å². The topological polar surface area (TPSA) is 12.0 Å². The van der Waals surface area contributed by atoms with Crippen molar-refractivity contribution in [3.05, 3.63) is 0 Å². The van der Waals surface area contributed by atoms with Crippen molar-refractivity contribution in [3.8, 4) is 0 Å². The van der Waals surface area contributed by atoms with Crippen LogP contribution >= 0.6 is 11.8 Å². The van der Waals surface area contributed by atoms with E-state index in [9.17, 15) is 0 Å². The molecule has 2 unspecified atom stereocenters. The summed E-state index contributed by atoms with van der Waals surface area (Å²) in [6, 6.07) is 0.771. The molecule has 1 nitrogen and oxygen atoms in total.